The molecule has 1 atom stereocenters. The fourth-order valence-electron chi connectivity index (χ4n) is 2.75. The van der Waals surface area contributed by atoms with Crippen molar-refractivity contribution < 1.29 is 4.79 Å². The molecule has 1 aliphatic heterocycles. The van der Waals surface area contributed by atoms with Gasteiger partial charge in [0.05, 0.1) is 0 Å². The smallest absolute Gasteiger partial charge is 0.225 e. The Morgan fingerprint density at radius 2 is 1.83 bits per heavy atom. The van der Waals surface area contributed by atoms with Crippen molar-refractivity contribution >= 4 is 5.91 Å². The topological polar surface area (TPSA) is 49.6 Å². The Morgan fingerprint density at radius 1 is 1.28 bits per heavy atom. The summed E-state index contributed by atoms with van der Waals surface area (Å²) in [5, 5.41) is 0. The van der Waals surface area contributed by atoms with Crippen molar-refractivity contribution in [1.82, 2.24) is 9.80 Å². The lowest BCUT2D eigenvalue weighted by molar-refractivity contribution is -0.138. The van der Waals surface area contributed by atoms with Crippen LogP contribution in [-0.4, -0.2) is 54.0 Å². The molecule has 0 radical (unpaired) electrons. The largest absolute Gasteiger partial charge is 0.340 e. The van der Waals surface area contributed by atoms with Crippen molar-refractivity contribution in [2.24, 2.45) is 17.6 Å². The second-order valence-corrected chi connectivity index (χ2v) is 6.45. The normalized spacial score (nSPS) is 24.1. The summed E-state index contributed by atoms with van der Waals surface area (Å²) in [6.45, 7) is 10.7. The van der Waals surface area contributed by atoms with Crippen LogP contribution < -0.4 is 5.73 Å². The second-order valence-electron chi connectivity index (χ2n) is 6.45. The fraction of sp³-hybridized carbons (Fsp3) is 0.929. The third kappa shape index (κ3) is 2.86. The summed E-state index contributed by atoms with van der Waals surface area (Å²) in [5.41, 5.74) is 5.86. The van der Waals surface area contributed by atoms with E-state index < -0.39 is 0 Å². The molecule has 0 aromatic carbocycles. The Morgan fingerprint density at radius 3 is 2.28 bits per heavy atom. The average Bonchev–Trinajstić information content (AvgIpc) is 3.21. The minimum atomic E-state index is 0.0528. The summed E-state index contributed by atoms with van der Waals surface area (Å²) in [6, 6.07) is 0. The van der Waals surface area contributed by atoms with Crippen LogP contribution in [0, 0.1) is 11.8 Å². The van der Waals surface area contributed by atoms with Crippen LogP contribution in [0.5, 0.6) is 0 Å². The SMILES string of the molecule is CC(C(=O)N1CCN(C(C)(C)CN)CC1)C1CC1. The van der Waals surface area contributed by atoms with Crippen molar-refractivity contribution in [3.63, 3.8) is 0 Å². The van der Waals surface area contributed by atoms with E-state index in [0.717, 1.165) is 26.2 Å². The standard InChI is InChI=1S/C14H27N3O/c1-11(12-4-5-12)13(18)16-6-8-17(9-7-16)14(2,3)10-15/h11-12H,4-10,15H2,1-3H3. The van der Waals surface area contributed by atoms with E-state index in [9.17, 15) is 4.79 Å². The Labute approximate surface area is 110 Å². The van der Waals surface area contributed by atoms with Gasteiger partial charge in [-0.15, -0.1) is 0 Å². The molecule has 1 unspecified atom stereocenters. The van der Waals surface area contributed by atoms with Gasteiger partial charge in [0.1, 0.15) is 0 Å². The van der Waals surface area contributed by atoms with Gasteiger partial charge in [-0.05, 0) is 32.6 Å². The second kappa shape index (κ2) is 5.17. The summed E-state index contributed by atoms with van der Waals surface area (Å²) in [4.78, 5) is 16.7. The number of carbonyl (C=O) groups excluding carboxylic acids is 1. The van der Waals surface area contributed by atoms with E-state index in [0.29, 0.717) is 18.4 Å². The van der Waals surface area contributed by atoms with Gasteiger partial charge in [-0.25, -0.2) is 0 Å². The molecular weight excluding hydrogens is 226 g/mol. The molecule has 0 aromatic heterocycles. The predicted octanol–water partition coefficient (Wildman–Crippen LogP) is 0.914. The van der Waals surface area contributed by atoms with E-state index in [1.165, 1.54) is 12.8 Å². The first-order chi connectivity index (χ1) is 8.45. The van der Waals surface area contributed by atoms with Crippen molar-refractivity contribution in [3.05, 3.63) is 0 Å². The highest BCUT2D eigenvalue weighted by atomic mass is 16.2. The minimum absolute atomic E-state index is 0.0528. The van der Waals surface area contributed by atoms with Crippen molar-refractivity contribution in [3.8, 4) is 0 Å². The number of rotatable bonds is 4. The highest BCUT2D eigenvalue weighted by molar-refractivity contribution is 5.79. The highest BCUT2D eigenvalue weighted by Gasteiger charge is 2.37. The summed E-state index contributed by atoms with van der Waals surface area (Å²) < 4.78 is 0. The number of amides is 1. The van der Waals surface area contributed by atoms with E-state index in [4.69, 9.17) is 5.73 Å². The zero-order chi connectivity index (χ0) is 13.3. The Kier molecular flexibility index (Phi) is 3.97. The third-order valence-corrected chi connectivity index (χ3v) is 4.67. The van der Waals surface area contributed by atoms with Gasteiger partial charge < -0.3 is 10.6 Å². The van der Waals surface area contributed by atoms with Gasteiger partial charge in [0.2, 0.25) is 5.91 Å². The lowest BCUT2D eigenvalue weighted by Gasteiger charge is -2.44. The zero-order valence-electron chi connectivity index (χ0n) is 12.0. The van der Waals surface area contributed by atoms with Gasteiger partial charge in [-0.2, -0.15) is 0 Å². The van der Waals surface area contributed by atoms with Gasteiger partial charge >= 0.3 is 0 Å². The van der Waals surface area contributed by atoms with Crippen molar-refractivity contribution in [2.45, 2.75) is 39.2 Å². The molecule has 4 heteroatoms. The molecule has 2 fully saturated rings. The summed E-state index contributed by atoms with van der Waals surface area (Å²) in [7, 11) is 0. The molecule has 2 N–H and O–H groups in total. The average molecular weight is 253 g/mol. The van der Waals surface area contributed by atoms with Gasteiger partial charge in [0, 0.05) is 44.2 Å². The maximum absolute atomic E-state index is 12.3. The van der Waals surface area contributed by atoms with E-state index >= 15 is 0 Å². The summed E-state index contributed by atoms with van der Waals surface area (Å²) in [6.07, 6.45) is 2.49. The molecule has 0 bridgehead atoms. The first kappa shape index (κ1) is 13.8. The number of piperazine rings is 1. The maximum atomic E-state index is 12.3. The lowest BCUT2D eigenvalue weighted by atomic mass is 10.0. The molecule has 18 heavy (non-hydrogen) atoms. The summed E-state index contributed by atoms with van der Waals surface area (Å²) >= 11 is 0. The zero-order valence-corrected chi connectivity index (χ0v) is 12.0. The predicted molar refractivity (Wildman–Crippen MR) is 73.2 cm³/mol. The fourth-order valence-corrected chi connectivity index (χ4v) is 2.75. The molecule has 1 aliphatic carbocycles. The van der Waals surface area contributed by atoms with E-state index in [1.807, 2.05) is 4.90 Å². The molecule has 1 saturated carbocycles. The molecule has 1 saturated heterocycles. The number of nitrogens with two attached hydrogens (primary N) is 1. The first-order valence-corrected chi connectivity index (χ1v) is 7.19. The molecule has 2 rings (SSSR count). The third-order valence-electron chi connectivity index (χ3n) is 4.67. The van der Waals surface area contributed by atoms with Crippen LogP contribution >= 0.6 is 0 Å². The number of nitrogens with zero attached hydrogens (tertiary/aromatic N) is 2. The monoisotopic (exact) mass is 253 g/mol. The van der Waals surface area contributed by atoms with Crippen LogP contribution in [0.3, 0.4) is 0 Å². The molecule has 0 aromatic rings. The van der Waals surface area contributed by atoms with Crippen LogP contribution in [0.4, 0.5) is 0 Å². The van der Waals surface area contributed by atoms with Crippen LogP contribution in [0.2, 0.25) is 0 Å². The molecule has 2 aliphatic rings. The van der Waals surface area contributed by atoms with Gasteiger partial charge in [-0.3, -0.25) is 9.69 Å². The number of carbonyl (C=O) groups is 1. The summed E-state index contributed by atoms with van der Waals surface area (Å²) in [5.74, 6) is 1.26. The Bertz CT molecular complexity index is 304. The van der Waals surface area contributed by atoms with Crippen molar-refractivity contribution in [1.29, 1.82) is 0 Å². The van der Waals surface area contributed by atoms with Crippen LogP contribution in [0.15, 0.2) is 0 Å². The maximum Gasteiger partial charge on any atom is 0.225 e. The molecule has 4 nitrogen and oxygen atoms in total. The van der Waals surface area contributed by atoms with Gasteiger partial charge in [0.15, 0.2) is 0 Å². The van der Waals surface area contributed by atoms with Gasteiger partial charge in [0.25, 0.3) is 0 Å². The highest BCUT2D eigenvalue weighted by Crippen LogP contribution is 2.37. The lowest BCUT2D eigenvalue weighted by Crippen LogP contribution is -2.58. The first-order valence-electron chi connectivity index (χ1n) is 7.19. The van der Waals surface area contributed by atoms with Crippen LogP contribution in [0.1, 0.15) is 33.6 Å². The molecule has 1 heterocycles. The molecule has 104 valence electrons. The van der Waals surface area contributed by atoms with E-state index in [-0.39, 0.29) is 11.5 Å². The van der Waals surface area contributed by atoms with E-state index in [2.05, 4.69) is 25.7 Å². The number of hydrogen-bond acceptors (Lipinski definition) is 3. The molecule has 0 spiro atoms. The van der Waals surface area contributed by atoms with Crippen molar-refractivity contribution in [2.75, 3.05) is 32.7 Å². The van der Waals surface area contributed by atoms with Crippen LogP contribution in [0.25, 0.3) is 0 Å². The molecule has 1 amide bonds. The quantitative estimate of drug-likeness (QED) is 0.810. The van der Waals surface area contributed by atoms with E-state index in [1.54, 1.807) is 0 Å². The minimum Gasteiger partial charge on any atom is -0.340 e. The Hall–Kier alpha value is -0.610. The van der Waals surface area contributed by atoms with Gasteiger partial charge in [-0.1, -0.05) is 6.92 Å². The number of hydrogen-bond donors (Lipinski definition) is 1. The Balaban J connectivity index is 1.84. The van der Waals surface area contributed by atoms with Crippen LogP contribution in [-0.2, 0) is 4.79 Å². The molecular formula is C14H27N3O.